The van der Waals surface area contributed by atoms with Crippen LogP contribution in [0.1, 0.15) is 58.1 Å². The minimum absolute atomic E-state index is 0.0610. The van der Waals surface area contributed by atoms with Crippen molar-refractivity contribution in [2.75, 3.05) is 25.1 Å². The van der Waals surface area contributed by atoms with Gasteiger partial charge in [-0.1, -0.05) is 18.2 Å². The first kappa shape index (κ1) is 22.4. The first-order valence-corrected chi connectivity index (χ1v) is 11.8. The Balaban J connectivity index is 1.23. The van der Waals surface area contributed by atoms with Gasteiger partial charge in [0.2, 0.25) is 0 Å². The van der Waals surface area contributed by atoms with Crippen LogP contribution in [0.15, 0.2) is 42.5 Å². The van der Waals surface area contributed by atoms with E-state index in [1.807, 2.05) is 54.9 Å². The molecule has 1 aromatic heterocycles. The first-order chi connectivity index (χ1) is 16.6. The standard InChI is InChI=1S/C25H31N7O2/c1-16-6-7-19-20(9-11-34-22(19)12-16)29-25(33)17-4-3-5-18(13-17)27-14-23-30-31-24(32(23)2)21-8-10-26-15-28-21/h3-7,12-13,20-21,26-28H,8-11,14-15H2,1-2H3,(H,29,33)/t20-,21?/m0/s1. The second-order valence-corrected chi connectivity index (χ2v) is 8.89. The Morgan fingerprint density at radius 3 is 2.97 bits per heavy atom. The summed E-state index contributed by atoms with van der Waals surface area (Å²) in [6.07, 6.45) is 1.73. The van der Waals surface area contributed by atoms with E-state index in [0.717, 1.165) is 60.3 Å². The molecule has 0 aliphatic carbocycles. The number of aromatic nitrogens is 3. The smallest absolute Gasteiger partial charge is 0.251 e. The van der Waals surface area contributed by atoms with Gasteiger partial charge in [-0.25, -0.2) is 0 Å². The van der Waals surface area contributed by atoms with Gasteiger partial charge in [-0.2, -0.15) is 0 Å². The third kappa shape index (κ3) is 4.76. The van der Waals surface area contributed by atoms with E-state index in [9.17, 15) is 4.79 Å². The van der Waals surface area contributed by atoms with Gasteiger partial charge >= 0.3 is 0 Å². The number of aryl methyl sites for hydroxylation is 1. The van der Waals surface area contributed by atoms with Crippen molar-refractivity contribution in [3.8, 4) is 5.75 Å². The maximum Gasteiger partial charge on any atom is 0.251 e. The maximum atomic E-state index is 13.0. The summed E-state index contributed by atoms with van der Waals surface area (Å²) in [7, 11) is 1.99. The van der Waals surface area contributed by atoms with Crippen molar-refractivity contribution >= 4 is 11.6 Å². The predicted octanol–water partition coefficient (Wildman–Crippen LogP) is 2.57. The summed E-state index contributed by atoms with van der Waals surface area (Å²) in [5.41, 5.74) is 3.65. The molecule has 1 saturated heterocycles. The number of anilines is 1. The van der Waals surface area contributed by atoms with Crippen molar-refractivity contribution in [3.63, 3.8) is 0 Å². The molecule has 0 spiro atoms. The van der Waals surface area contributed by atoms with E-state index in [1.54, 1.807) is 0 Å². The van der Waals surface area contributed by atoms with Crippen LogP contribution in [0.4, 0.5) is 5.69 Å². The zero-order chi connectivity index (χ0) is 23.5. The second kappa shape index (κ2) is 9.82. The Labute approximate surface area is 199 Å². The summed E-state index contributed by atoms with van der Waals surface area (Å²) < 4.78 is 7.82. The fraction of sp³-hybridized carbons (Fsp3) is 0.400. The number of ether oxygens (including phenoxy) is 1. The molecule has 2 aliphatic rings. The molecule has 2 aromatic carbocycles. The summed E-state index contributed by atoms with van der Waals surface area (Å²) in [5.74, 6) is 2.55. The maximum absolute atomic E-state index is 13.0. The third-order valence-corrected chi connectivity index (χ3v) is 6.48. The van der Waals surface area contributed by atoms with Crippen molar-refractivity contribution in [2.24, 2.45) is 7.05 Å². The summed E-state index contributed by atoms with van der Waals surface area (Å²) in [5, 5.41) is 22.0. The molecule has 3 aromatic rings. The molecule has 0 radical (unpaired) electrons. The van der Waals surface area contributed by atoms with Gasteiger partial charge in [-0.05, 0) is 49.7 Å². The zero-order valence-electron chi connectivity index (χ0n) is 19.6. The summed E-state index contributed by atoms with van der Waals surface area (Å²) in [6.45, 7) is 4.89. The minimum Gasteiger partial charge on any atom is -0.493 e. The molecule has 1 fully saturated rings. The van der Waals surface area contributed by atoms with E-state index < -0.39 is 0 Å². The number of hydrogen-bond acceptors (Lipinski definition) is 7. The van der Waals surface area contributed by atoms with Gasteiger partial charge in [0.15, 0.2) is 5.82 Å². The van der Waals surface area contributed by atoms with Crippen LogP contribution in [0.3, 0.4) is 0 Å². The fourth-order valence-corrected chi connectivity index (χ4v) is 4.53. The van der Waals surface area contributed by atoms with Crippen LogP contribution in [0.2, 0.25) is 0 Å². The molecule has 0 saturated carbocycles. The number of carbonyl (C=O) groups is 1. The number of nitrogens with zero attached hydrogens (tertiary/aromatic N) is 3. The van der Waals surface area contributed by atoms with Crippen LogP contribution in [0.25, 0.3) is 0 Å². The van der Waals surface area contributed by atoms with Crippen LogP contribution >= 0.6 is 0 Å². The number of benzene rings is 2. The normalized spacial score (nSPS) is 19.7. The Hall–Kier alpha value is -3.43. The van der Waals surface area contributed by atoms with E-state index in [2.05, 4.69) is 37.5 Å². The lowest BCUT2D eigenvalue weighted by atomic mass is 9.98. The van der Waals surface area contributed by atoms with E-state index in [4.69, 9.17) is 4.74 Å². The van der Waals surface area contributed by atoms with Crippen molar-refractivity contribution < 1.29 is 9.53 Å². The molecule has 178 valence electrons. The summed E-state index contributed by atoms with van der Waals surface area (Å²) in [6, 6.07) is 13.8. The number of fused-ring (bicyclic) bond motifs is 1. The molecule has 5 rings (SSSR count). The molecule has 1 amide bonds. The van der Waals surface area contributed by atoms with Crippen LogP contribution in [0.5, 0.6) is 5.75 Å². The van der Waals surface area contributed by atoms with Gasteiger partial charge < -0.3 is 25.3 Å². The Morgan fingerprint density at radius 2 is 2.12 bits per heavy atom. The number of rotatable bonds is 6. The fourth-order valence-electron chi connectivity index (χ4n) is 4.53. The topological polar surface area (TPSA) is 105 Å². The molecular formula is C25H31N7O2. The monoisotopic (exact) mass is 461 g/mol. The van der Waals surface area contributed by atoms with Crippen molar-refractivity contribution in [3.05, 3.63) is 70.8 Å². The van der Waals surface area contributed by atoms with Crippen molar-refractivity contribution in [1.29, 1.82) is 0 Å². The Kier molecular flexibility index (Phi) is 6.46. The lowest BCUT2D eigenvalue weighted by molar-refractivity contribution is 0.0925. The van der Waals surface area contributed by atoms with Gasteiger partial charge in [-0.15, -0.1) is 10.2 Å². The largest absolute Gasteiger partial charge is 0.493 e. The van der Waals surface area contributed by atoms with Gasteiger partial charge in [-0.3, -0.25) is 10.1 Å². The molecule has 4 N–H and O–H groups in total. The lowest BCUT2D eigenvalue weighted by Gasteiger charge is -2.27. The molecular weight excluding hydrogens is 430 g/mol. The Bertz CT molecular complexity index is 1170. The molecule has 1 unspecified atom stereocenters. The molecule has 0 bridgehead atoms. The Morgan fingerprint density at radius 1 is 1.21 bits per heavy atom. The van der Waals surface area contributed by atoms with E-state index >= 15 is 0 Å². The molecule has 34 heavy (non-hydrogen) atoms. The number of carbonyl (C=O) groups excluding carboxylic acids is 1. The second-order valence-electron chi connectivity index (χ2n) is 8.89. The van der Waals surface area contributed by atoms with Crippen LogP contribution in [-0.2, 0) is 13.6 Å². The van der Waals surface area contributed by atoms with E-state index in [0.29, 0.717) is 18.7 Å². The molecule has 9 nitrogen and oxygen atoms in total. The van der Waals surface area contributed by atoms with Crippen LogP contribution < -0.4 is 26.0 Å². The van der Waals surface area contributed by atoms with Crippen molar-refractivity contribution in [1.82, 2.24) is 30.7 Å². The number of amides is 1. The highest BCUT2D eigenvalue weighted by Crippen LogP contribution is 2.33. The van der Waals surface area contributed by atoms with Gasteiger partial charge in [0.25, 0.3) is 5.91 Å². The van der Waals surface area contributed by atoms with E-state index in [1.165, 1.54) is 0 Å². The average Bonchev–Trinajstić information content (AvgIpc) is 3.23. The molecule has 9 heteroatoms. The van der Waals surface area contributed by atoms with Crippen LogP contribution in [0, 0.1) is 6.92 Å². The first-order valence-electron chi connectivity index (χ1n) is 11.8. The quantitative estimate of drug-likeness (QED) is 0.447. The third-order valence-electron chi connectivity index (χ3n) is 6.48. The number of hydrogen-bond donors (Lipinski definition) is 4. The van der Waals surface area contributed by atoms with Gasteiger partial charge in [0.1, 0.15) is 11.6 Å². The molecule has 3 heterocycles. The SMILES string of the molecule is Cc1ccc2c(c1)OCC[C@@H]2NC(=O)c1cccc(NCc2nnc(C3CCNCN3)n2C)c1. The molecule has 2 aliphatic heterocycles. The van der Waals surface area contributed by atoms with Gasteiger partial charge in [0.05, 0.1) is 25.2 Å². The highest BCUT2D eigenvalue weighted by molar-refractivity contribution is 5.95. The van der Waals surface area contributed by atoms with Crippen molar-refractivity contribution in [2.45, 2.75) is 38.4 Å². The highest BCUT2D eigenvalue weighted by Gasteiger charge is 2.24. The molecule has 2 atom stereocenters. The summed E-state index contributed by atoms with van der Waals surface area (Å²) >= 11 is 0. The average molecular weight is 462 g/mol. The minimum atomic E-state index is -0.0972. The lowest BCUT2D eigenvalue weighted by Crippen LogP contribution is -2.40. The van der Waals surface area contributed by atoms with Gasteiger partial charge in [0, 0.05) is 37.0 Å². The van der Waals surface area contributed by atoms with Crippen LogP contribution in [-0.4, -0.2) is 40.5 Å². The highest BCUT2D eigenvalue weighted by atomic mass is 16.5. The summed E-state index contributed by atoms with van der Waals surface area (Å²) in [4.78, 5) is 13.0. The number of nitrogens with one attached hydrogen (secondary N) is 4. The predicted molar refractivity (Wildman–Crippen MR) is 130 cm³/mol. The zero-order valence-corrected chi connectivity index (χ0v) is 19.6. The van der Waals surface area contributed by atoms with E-state index in [-0.39, 0.29) is 18.0 Å².